The van der Waals surface area contributed by atoms with Crippen molar-refractivity contribution >= 4 is 16.5 Å². The summed E-state index contributed by atoms with van der Waals surface area (Å²) >= 11 is 1.62. The molecule has 0 atom stereocenters. The number of nitrogens with one attached hydrogen (secondary N) is 1. The summed E-state index contributed by atoms with van der Waals surface area (Å²) in [7, 11) is 4.07. The summed E-state index contributed by atoms with van der Waals surface area (Å²) in [6.45, 7) is 4.67. The van der Waals surface area contributed by atoms with E-state index in [1.165, 1.54) is 0 Å². The van der Waals surface area contributed by atoms with Crippen molar-refractivity contribution in [2.75, 3.05) is 18.9 Å². The highest BCUT2D eigenvalue weighted by Crippen LogP contribution is 2.16. The van der Waals surface area contributed by atoms with Crippen LogP contribution >= 0.6 is 11.3 Å². The molecule has 2 aromatic rings. The van der Waals surface area contributed by atoms with E-state index in [0.717, 1.165) is 42.0 Å². The van der Waals surface area contributed by atoms with E-state index >= 15 is 0 Å². The maximum Gasteiger partial charge on any atom is 0.205 e. The summed E-state index contributed by atoms with van der Waals surface area (Å²) in [5, 5.41) is 13.5. The minimum Gasteiger partial charge on any atom is -0.360 e. The molecule has 0 unspecified atom stereocenters. The van der Waals surface area contributed by atoms with E-state index in [-0.39, 0.29) is 0 Å². The van der Waals surface area contributed by atoms with Gasteiger partial charge in [0.25, 0.3) is 0 Å². The lowest BCUT2D eigenvalue weighted by Crippen LogP contribution is -2.19. The quantitative estimate of drug-likeness (QED) is 0.837. The summed E-state index contributed by atoms with van der Waals surface area (Å²) in [5.41, 5.74) is 0. The summed E-state index contributed by atoms with van der Waals surface area (Å²) in [6.07, 6.45) is 4.87. The van der Waals surface area contributed by atoms with Crippen LogP contribution in [0.5, 0.6) is 0 Å². The Morgan fingerprint density at radius 2 is 2.21 bits per heavy atom. The molecule has 0 aliphatic rings. The largest absolute Gasteiger partial charge is 0.360 e. The number of imidazole rings is 1. The van der Waals surface area contributed by atoms with Gasteiger partial charge in [-0.15, -0.1) is 10.2 Å². The molecule has 0 spiro atoms. The zero-order chi connectivity index (χ0) is 13.7. The Labute approximate surface area is 117 Å². The SMILES string of the molecule is CCCNc1nnc(CN(C)Cc2nccn2C)s1. The lowest BCUT2D eigenvalue weighted by molar-refractivity contribution is 0.306. The topological polar surface area (TPSA) is 58.9 Å². The van der Waals surface area contributed by atoms with Gasteiger partial charge in [0.2, 0.25) is 5.13 Å². The van der Waals surface area contributed by atoms with E-state index in [4.69, 9.17) is 0 Å². The van der Waals surface area contributed by atoms with Crippen LogP contribution in [-0.2, 0) is 20.1 Å². The number of hydrogen-bond donors (Lipinski definition) is 1. The molecule has 0 aliphatic heterocycles. The minimum absolute atomic E-state index is 0.790. The van der Waals surface area contributed by atoms with Gasteiger partial charge in [-0.05, 0) is 13.5 Å². The molecular formula is C12H20N6S. The second-order valence-electron chi connectivity index (χ2n) is 4.55. The Bertz CT molecular complexity index is 506. The number of anilines is 1. The van der Waals surface area contributed by atoms with Crippen molar-refractivity contribution < 1.29 is 0 Å². The van der Waals surface area contributed by atoms with Crippen LogP contribution in [-0.4, -0.2) is 38.2 Å². The van der Waals surface area contributed by atoms with Gasteiger partial charge in [-0.2, -0.15) is 0 Å². The fourth-order valence-corrected chi connectivity index (χ4v) is 2.54. The second kappa shape index (κ2) is 6.63. The Hall–Kier alpha value is -1.47. The Balaban J connectivity index is 1.86. The van der Waals surface area contributed by atoms with Crippen LogP contribution in [0, 0.1) is 0 Å². The van der Waals surface area contributed by atoms with Crippen molar-refractivity contribution in [3.63, 3.8) is 0 Å². The van der Waals surface area contributed by atoms with Crippen LogP contribution in [0.25, 0.3) is 0 Å². The highest BCUT2D eigenvalue weighted by atomic mass is 32.1. The Morgan fingerprint density at radius 1 is 1.37 bits per heavy atom. The van der Waals surface area contributed by atoms with E-state index in [0.29, 0.717) is 0 Å². The fourth-order valence-electron chi connectivity index (χ4n) is 1.70. The van der Waals surface area contributed by atoms with Crippen molar-refractivity contribution in [1.29, 1.82) is 0 Å². The summed E-state index contributed by atoms with van der Waals surface area (Å²) in [4.78, 5) is 6.51. The molecule has 2 rings (SSSR count). The molecule has 2 aromatic heterocycles. The van der Waals surface area contributed by atoms with Crippen molar-refractivity contribution in [1.82, 2.24) is 24.6 Å². The molecule has 6 nitrogen and oxygen atoms in total. The standard InChI is InChI=1S/C12H20N6S/c1-4-5-14-12-16-15-11(19-12)9-17(2)8-10-13-6-7-18(10)3/h6-7H,4-5,8-9H2,1-3H3,(H,14,16). The van der Waals surface area contributed by atoms with Crippen LogP contribution in [0.15, 0.2) is 12.4 Å². The first kappa shape index (κ1) is 14.0. The molecule has 19 heavy (non-hydrogen) atoms. The lowest BCUT2D eigenvalue weighted by atomic mass is 10.5. The summed E-state index contributed by atoms with van der Waals surface area (Å²) in [5.74, 6) is 1.05. The first-order valence-corrected chi connectivity index (χ1v) is 7.21. The highest BCUT2D eigenvalue weighted by molar-refractivity contribution is 7.15. The predicted molar refractivity (Wildman–Crippen MR) is 77.1 cm³/mol. The molecule has 0 aliphatic carbocycles. The van der Waals surface area contributed by atoms with E-state index in [1.54, 1.807) is 11.3 Å². The molecule has 0 radical (unpaired) electrons. The van der Waals surface area contributed by atoms with Crippen LogP contribution in [0.2, 0.25) is 0 Å². The van der Waals surface area contributed by atoms with Gasteiger partial charge in [0.1, 0.15) is 10.8 Å². The second-order valence-corrected chi connectivity index (χ2v) is 5.62. The number of nitrogens with zero attached hydrogens (tertiary/aromatic N) is 5. The fraction of sp³-hybridized carbons (Fsp3) is 0.583. The average molecular weight is 280 g/mol. The number of aryl methyl sites for hydroxylation is 1. The van der Waals surface area contributed by atoms with Crippen LogP contribution < -0.4 is 5.32 Å². The van der Waals surface area contributed by atoms with Gasteiger partial charge in [0.05, 0.1) is 13.1 Å². The Kier molecular flexibility index (Phi) is 4.86. The van der Waals surface area contributed by atoms with Gasteiger partial charge >= 0.3 is 0 Å². The third-order valence-corrected chi connectivity index (χ3v) is 3.60. The van der Waals surface area contributed by atoms with E-state index in [9.17, 15) is 0 Å². The van der Waals surface area contributed by atoms with E-state index in [2.05, 4.69) is 39.4 Å². The van der Waals surface area contributed by atoms with Gasteiger partial charge in [-0.3, -0.25) is 4.90 Å². The number of aromatic nitrogens is 4. The molecule has 0 bridgehead atoms. The van der Waals surface area contributed by atoms with E-state index in [1.807, 2.05) is 24.0 Å². The molecule has 0 saturated heterocycles. The molecule has 1 N–H and O–H groups in total. The first-order chi connectivity index (χ1) is 9.19. The van der Waals surface area contributed by atoms with Crippen molar-refractivity contribution in [2.45, 2.75) is 26.4 Å². The van der Waals surface area contributed by atoms with E-state index < -0.39 is 0 Å². The normalized spacial score (nSPS) is 11.2. The molecule has 2 heterocycles. The third kappa shape index (κ3) is 4.00. The minimum atomic E-state index is 0.790. The van der Waals surface area contributed by atoms with Gasteiger partial charge in [-0.1, -0.05) is 18.3 Å². The smallest absolute Gasteiger partial charge is 0.205 e. The van der Waals surface area contributed by atoms with Crippen LogP contribution in [0.1, 0.15) is 24.2 Å². The monoisotopic (exact) mass is 280 g/mol. The molecule has 0 fully saturated rings. The molecular weight excluding hydrogens is 260 g/mol. The highest BCUT2D eigenvalue weighted by Gasteiger charge is 2.09. The first-order valence-electron chi connectivity index (χ1n) is 6.40. The third-order valence-electron chi connectivity index (χ3n) is 2.73. The maximum absolute atomic E-state index is 4.32. The maximum atomic E-state index is 4.32. The number of hydrogen-bond acceptors (Lipinski definition) is 6. The van der Waals surface area contributed by atoms with Crippen LogP contribution in [0.3, 0.4) is 0 Å². The van der Waals surface area contributed by atoms with Gasteiger partial charge in [0.15, 0.2) is 0 Å². The van der Waals surface area contributed by atoms with Gasteiger partial charge in [0, 0.05) is 26.0 Å². The molecule has 7 heteroatoms. The van der Waals surface area contributed by atoms with Gasteiger partial charge < -0.3 is 9.88 Å². The zero-order valence-corrected chi connectivity index (χ0v) is 12.4. The van der Waals surface area contributed by atoms with Crippen molar-refractivity contribution in [3.05, 3.63) is 23.2 Å². The molecule has 104 valence electrons. The lowest BCUT2D eigenvalue weighted by Gasteiger charge is -2.14. The predicted octanol–water partition coefficient (Wildman–Crippen LogP) is 1.73. The van der Waals surface area contributed by atoms with Crippen LogP contribution in [0.4, 0.5) is 5.13 Å². The summed E-state index contributed by atoms with van der Waals surface area (Å²) < 4.78 is 2.03. The molecule has 0 amide bonds. The number of rotatable bonds is 7. The molecule has 0 saturated carbocycles. The van der Waals surface area contributed by atoms with Crippen molar-refractivity contribution in [3.8, 4) is 0 Å². The van der Waals surface area contributed by atoms with Gasteiger partial charge in [-0.25, -0.2) is 4.98 Å². The van der Waals surface area contributed by atoms with Crippen molar-refractivity contribution in [2.24, 2.45) is 7.05 Å². The average Bonchev–Trinajstić information content (AvgIpc) is 2.97. The summed E-state index contributed by atoms with van der Waals surface area (Å²) in [6, 6.07) is 0. The molecule has 0 aromatic carbocycles. The zero-order valence-electron chi connectivity index (χ0n) is 11.6. The Morgan fingerprint density at radius 3 is 2.89 bits per heavy atom.